The van der Waals surface area contributed by atoms with Gasteiger partial charge in [-0.05, 0) is 36.4 Å². The number of carbonyl (C=O) groups is 1. The molecule has 0 aliphatic heterocycles. The van der Waals surface area contributed by atoms with Crippen LogP contribution in [-0.2, 0) is 6.18 Å². The van der Waals surface area contributed by atoms with E-state index in [0.717, 1.165) is 30.3 Å². The van der Waals surface area contributed by atoms with E-state index in [1.165, 1.54) is 17.4 Å². The van der Waals surface area contributed by atoms with Gasteiger partial charge < -0.3 is 10.4 Å². The summed E-state index contributed by atoms with van der Waals surface area (Å²) in [5.74, 6) is -2.31. The normalized spacial score (nSPS) is 13.6. The molecule has 0 spiro atoms. The summed E-state index contributed by atoms with van der Waals surface area (Å²) in [6, 6.07) is 8.56. The van der Waals surface area contributed by atoms with Gasteiger partial charge in [0.25, 0.3) is 17.9 Å². The van der Waals surface area contributed by atoms with Gasteiger partial charge in [-0.25, -0.2) is 17.6 Å². The van der Waals surface area contributed by atoms with Crippen molar-refractivity contribution < 1.29 is 40.6 Å². The molecule has 0 saturated heterocycles. The van der Waals surface area contributed by atoms with E-state index in [1.54, 1.807) is 0 Å². The second kappa shape index (κ2) is 9.63. The molecule has 0 saturated carbocycles. The van der Waals surface area contributed by atoms with Crippen molar-refractivity contribution >= 4 is 5.91 Å². The van der Waals surface area contributed by atoms with E-state index in [0.29, 0.717) is 16.8 Å². The van der Waals surface area contributed by atoms with Crippen LogP contribution < -0.4 is 10.9 Å². The van der Waals surface area contributed by atoms with Crippen molar-refractivity contribution in [1.29, 1.82) is 0 Å². The molecule has 2 atom stereocenters. The fourth-order valence-electron chi connectivity index (χ4n) is 2.83. The van der Waals surface area contributed by atoms with Gasteiger partial charge in [-0.15, -0.1) is 0 Å². The second-order valence-electron chi connectivity index (χ2n) is 6.92. The molecule has 1 amide bonds. The monoisotopic (exact) mass is 489 g/mol. The van der Waals surface area contributed by atoms with Crippen molar-refractivity contribution in [2.24, 2.45) is 0 Å². The average molecular weight is 489 g/mol. The van der Waals surface area contributed by atoms with Crippen LogP contribution in [0.15, 0.2) is 59.4 Å². The van der Waals surface area contributed by atoms with Crippen LogP contribution in [0.5, 0.6) is 0 Å². The van der Waals surface area contributed by atoms with Crippen LogP contribution in [0.1, 0.15) is 15.9 Å². The number of rotatable bonds is 6. The van der Waals surface area contributed by atoms with E-state index in [2.05, 4.69) is 5.10 Å². The van der Waals surface area contributed by atoms with Gasteiger partial charge in [0.2, 0.25) is 6.30 Å². The molecule has 1 heterocycles. The molecule has 0 aliphatic carbocycles. The van der Waals surface area contributed by atoms with Gasteiger partial charge in [-0.3, -0.25) is 9.59 Å². The van der Waals surface area contributed by atoms with Gasteiger partial charge >= 0.3 is 6.18 Å². The first-order chi connectivity index (χ1) is 15.9. The minimum absolute atomic E-state index is 0.00313. The number of halogens is 7. The third kappa shape index (κ3) is 5.42. The van der Waals surface area contributed by atoms with Gasteiger partial charge in [-0.1, -0.05) is 18.2 Å². The van der Waals surface area contributed by atoms with E-state index in [4.69, 9.17) is 5.11 Å². The minimum atomic E-state index is -4.64. The molecule has 0 bridgehead atoms. The highest BCUT2D eigenvalue weighted by Crippen LogP contribution is 2.30. The lowest BCUT2D eigenvalue weighted by Crippen LogP contribution is -2.45. The first-order valence-electron chi connectivity index (χ1n) is 9.37. The fourth-order valence-corrected chi connectivity index (χ4v) is 2.83. The lowest BCUT2D eigenvalue weighted by molar-refractivity contribution is -0.137. The van der Waals surface area contributed by atoms with Crippen molar-refractivity contribution in [2.45, 2.75) is 25.0 Å². The third-order valence-corrected chi connectivity index (χ3v) is 4.54. The van der Waals surface area contributed by atoms with Crippen molar-refractivity contribution in [3.63, 3.8) is 0 Å². The van der Waals surface area contributed by atoms with E-state index in [9.17, 15) is 40.3 Å². The summed E-state index contributed by atoms with van der Waals surface area (Å²) in [6.07, 6.45) is -14.0. The first-order valence-corrected chi connectivity index (χ1v) is 9.37. The van der Waals surface area contributed by atoms with Gasteiger partial charge in [-0.2, -0.15) is 23.0 Å². The number of hydrogen-bond donors (Lipinski definition) is 2. The number of aliphatic hydroxyl groups is 1. The fraction of sp³-hybridized carbons (Fsp3) is 0.190. The molecular weight excluding hydrogens is 475 g/mol. The van der Waals surface area contributed by atoms with Crippen molar-refractivity contribution in [2.75, 3.05) is 0 Å². The van der Waals surface area contributed by atoms with Crippen LogP contribution in [-0.4, -0.2) is 39.6 Å². The summed E-state index contributed by atoms with van der Waals surface area (Å²) in [5, 5.41) is 14.4. The zero-order chi connectivity index (χ0) is 25.2. The highest BCUT2D eigenvalue weighted by Gasteiger charge is 2.31. The number of nitrogens with zero attached hydrogens (tertiary/aromatic N) is 2. The maximum atomic E-state index is 13.8. The van der Waals surface area contributed by atoms with Gasteiger partial charge in [0.1, 0.15) is 11.4 Å². The molecule has 0 fully saturated rings. The minimum Gasteiger partial charge on any atom is -0.382 e. The second-order valence-corrected chi connectivity index (χ2v) is 6.92. The number of hydrogen-bond acceptors (Lipinski definition) is 4. The van der Waals surface area contributed by atoms with E-state index in [1.807, 2.05) is 0 Å². The Bertz CT molecular complexity index is 1240. The van der Waals surface area contributed by atoms with Crippen LogP contribution >= 0.6 is 0 Å². The largest absolute Gasteiger partial charge is 0.416 e. The Morgan fingerprint density at radius 2 is 1.68 bits per heavy atom. The summed E-state index contributed by atoms with van der Waals surface area (Å²) in [5.41, 5.74) is -3.48. The van der Waals surface area contributed by atoms with Crippen LogP contribution in [0, 0.1) is 5.82 Å². The molecule has 1 unspecified atom stereocenters. The highest BCUT2D eigenvalue weighted by atomic mass is 19.4. The number of amides is 1. The average Bonchev–Trinajstić information content (AvgIpc) is 2.78. The Hall–Kier alpha value is -3.74. The summed E-state index contributed by atoms with van der Waals surface area (Å²) in [7, 11) is 0. The Balaban J connectivity index is 2.12. The Morgan fingerprint density at radius 3 is 2.24 bits per heavy atom. The van der Waals surface area contributed by atoms with Crippen molar-refractivity contribution in [1.82, 2.24) is 15.1 Å². The molecule has 3 aromatic rings. The van der Waals surface area contributed by atoms with Crippen LogP contribution in [0.25, 0.3) is 16.9 Å². The summed E-state index contributed by atoms with van der Waals surface area (Å²) < 4.78 is 91.6. The number of nitrogens with one attached hydrogen (secondary N) is 1. The SMILES string of the molecule is O=C(NC(F)[C@H](O)C(F)F)c1cc(-c2ccc(C(F)(F)F)cc2)nn(-c2cccc(F)c2)c1=O. The lowest BCUT2D eigenvalue weighted by Gasteiger charge is -2.17. The number of benzene rings is 2. The summed E-state index contributed by atoms with van der Waals surface area (Å²) in [6.45, 7) is 0. The van der Waals surface area contributed by atoms with E-state index < -0.39 is 53.4 Å². The van der Waals surface area contributed by atoms with Gasteiger partial charge in [0.15, 0.2) is 6.10 Å². The highest BCUT2D eigenvalue weighted by molar-refractivity contribution is 5.95. The molecule has 2 aromatic carbocycles. The third-order valence-electron chi connectivity index (χ3n) is 4.54. The molecule has 3 rings (SSSR count). The van der Waals surface area contributed by atoms with Crippen LogP contribution in [0.2, 0.25) is 0 Å². The lowest BCUT2D eigenvalue weighted by atomic mass is 10.1. The van der Waals surface area contributed by atoms with Crippen LogP contribution in [0.3, 0.4) is 0 Å². The molecule has 2 N–H and O–H groups in total. The predicted molar refractivity (Wildman–Crippen MR) is 105 cm³/mol. The number of carbonyl (C=O) groups excluding carboxylic acids is 1. The first kappa shape index (κ1) is 24.9. The number of alkyl halides is 6. The smallest absolute Gasteiger partial charge is 0.382 e. The maximum absolute atomic E-state index is 13.8. The van der Waals surface area contributed by atoms with Gasteiger partial charge in [0, 0.05) is 5.56 Å². The molecule has 180 valence electrons. The maximum Gasteiger partial charge on any atom is 0.416 e. The Kier molecular flexibility index (Phi) is 7.05. The topological polar surface area (TPSA) is 84.2 Å². The van der Waals surface area contributed by atoms with Crippen molar-refractivity contribution in [3.8, 4) is 16.9 Å². The Morgan fingerprint density at radius 1 is 1.03 bits per heavy atom. The summed E-state index contributed by atoms with van der Waals surface area (Å²) in [4.78, 5) is 25.3. The predicted octanol–water partition coefficient (Wildman–Crippen LogP) is 3.71. The molecular formula is C21H14F7N3O3. The zero-order valence-electron chi connectivity index (χ0n) is 16.7. The molecule has 1 aromatic heterocycles. The van der Waals surface area contributed by atoms with Gasteiger partial charge in [0.05, 0.1) is 16.9 Å². The van der Waals surface area contributed by atoms with E-state index >= 15 is 0 Å². The molecule has 0 radical (unpaired) electrons. The quantitative estimate of drug-likeness (QED) is 0.409. The van der Waals surface area contributed by atoms with Crippen LogP contribution in [0.4, 0.5) is 30.7 Å². The van der Waals surface area contributed by atoms with E-state index in [-0.39, 0.29) is 16.9 Å². The number of aromatic nitrogens is 2. The zero-order valence-corrected chi connectivity index (χ0v) is 16.7. The standard InChI is InChI=1S/C21H14F7N3O3/c22-12-2-1-3-13(8-12)31-20(34)14(19(33)29-18(25)16(32)17(23)24)9-15(30-31)10-4-6-11(7-5-10)21(26,27)28/h1-9,16-18,32H,(H,29,33)/t16-,18?/m1/s1. The summed E-state index contributed by atoms with van der Waals surface area (Å²) >= 11 is 0. The molecule has 6 nitrogen and oxygen atoms in total. The molecule has 34 heavy (non-hydrogen) atoms. The Labute approximate surface area is 186 Å². The molecule has 13 heteroatoms. The van der Waals surface area contributed by atoms with Crippen molar-refractivity contribution in [3.05, 3.63) is 81.9 Å². The number of aliphatic hydroxyl groups excluding tert-OH is 1. The molecule has 0 aliphatic rings.